The fourth-order valence-corrected chi connectivity index (χ4v) is 3.70. The number of nitrogens with zero attached hydrogens (tertiary/aromatic N) is 2. The molecule has 0 fully saturated rings. The van der Waals surface area contributed by atoms with Crippen molar-refractivity contribution in [3.8, 4) is 0 Å². The monoisotopic (exact) mass is 377 g/mol. The van der Waals surface area contributed by atoms with Crippen LogP contribution in [-0.4, -0.2) is 18.4 Å². The first-order valence-electron chi connectivity index (χ1n) is 5.71. The van der Waals surface area contributed by atoms with E-state index in [4.69, 9.17) is 0 Å². The molecule has 0 aliphatic carbocycles. The first kappa shape index (κ1) is 15.9. The average molecular weight is 378 g/mol. The maximum atomic E-state index is 13.7. The smallest absolute Gasteiger partial charge is 0.244 e. The van der Waals surface area contributed by atoms with Gasteiger partial charge in [-0.1, -0.05) is 0 Å². The van der Waals surface area contributed by atoms with Crippen molar-refractivity contribution >= 4 is 26.0 Å². The van der Waals surface area contributed by atoms with Crippen LogP contribution in [0, 0.1) is 18.6 Å². The van der Waals surface area contributed by atoms with Crippen molar-refractivity contribution in [3.05, 3.63) is 52.0 Å². The molecule has 0 atom stereocenters. The zero-order valence-electron chi connectivity index (χ0n) is 10.8. The van der Waals surface area contributed by atoms with Gasteiger partial charge in [0.15, 0.2) is 0 Å². The van der Waals surface area contributed by atoms with Gasteiger partial charge in [-0.3, -0.25) is 9.97 Å². The standard InChI is InChI=1S/C12H10BrF2N3O2S/c1-7-4-17-9(5-16-7)6-18-21(19,20)12-10(13)2-8(14)3-11(12)15/h2-5,18H,6H2,1H3. The largest absolute Gasteiger partial charge is 0.258 e. The van der Waals surface area contributed by atoms with Gasteiger partial charge in [0.25, 0.3) is 0 Å². The predicted octanol–water partition coefficient (Wildman–Crippen LogP) is 2.30. The van der Waals surface area contributed by atoms with Crippen LogP contribution in [0.3, 0.4) is 0 Å². The predicted molar refractivity (Wildman–Crippen MR) is 74.9 cm³/mol. The van der Waals surface area contributed by atoms with E-state index in [1.807, 2.05) is 0 Å². The van der Waals surface area contributed by atoms with E-state index in [-0.39, 0.29) is 11.0 Å². The highest BCUT2D eigenvalue weighted by Crippen LogP contribution is 2.26. The number of benzene rings is 1. The second-order valence-corrected chi connectivity index (χ2v) is 6.73. The summed E-state index contributed by atoms with van der Waals surface area (Å²) in [5.41, 5.74) is 1.07. The molecule has 0 saturated heterocycles. The number of hydrogen-bond donors (Lipinski definition) is 1. The lowest BCUT2D eigenvalue weighted by Gasteiger charge is -2.09. The Morgan fingerprint density at radius 1 is 1.24 bits per heavy atom. The highest BCUT2D eigenvalue weighted by molar-refractivity contribution is 9.10. The number of sulfonamides is 1. The fraction of sp³-hybridized carbons (Fsp3) is 0.167. The second kappa shape index (κ2) is 6.12. The summed E-state index contributed by atoms with van der Waals surface area (Å²) in [5, 5.41) is 0. The molecular weight excluding hydrogens is 368 g/mol. The van der Waals surface area contributed by atoms with E-state index in [9.17, 15) is 17.2 Å². The summed E-state index contributed by atoms with van der Waals surface area (Å²) in [6.07, 6.45) is 2.89. The molecule has 112 valence electrons. The lowest BCUT2D eigenvalue weighted by molar-refractivity contribution is 0.540. The van der Waals surface area contributed by atoms with Gasteiger partial charge in [-0.25, -0.2) is 21.9 Å². The SMILES string of the molecule is Cc1cnc(CNS(=O)(=O)c2c(F)cc(F)cc2Br)cn1. The minimum Gasteiger partial charge on any atom is -0.258 e. The van der Waals surface area contributed by atoms with Crippen LogP contribution >= 0.6 is 15.9 Å². The minimum absolute atomic E-state index is 0.154. The lowest BCUT2D eigenvalue weighted by atomic mass is 10.3. The van der Waals surface area contributed by atoms with Crippen molar-refractivity contribution in [3.63, 3.8) is 0 Å². The summed E-state index contributed by atoms with van der Waals surface area (Å²) >= 11 is 2.84. The van der Waals surface area contributed by atoms with E-state index >= 15 is 0 Å². The van der Waals surface area contributed by atoms with Gasteiger partial charge >= 0.3 is 0 Å². The molecule has 2 aromatic rings. The molecule has 5 nitrogen and oxygen atoms in total. The summed E-state index contributed by atoms with van der Waals surface area (Å²) in [5.74, 6) is -2.05. The van der Waals surface area contributed by atoms with Gasteiger partial charge in [-0.05, 0) is 28.9 Å². The molecule has 0 radical (unpaired) electrons. The first-order chi connectivity index (χ1) is 9.79. The third-order valence-corrected chi connectivity index (χ3v) is 4.87. The summed E-state index contributed by atoms with van der Waals surface area (Å²) in [6.45, 7) is 1.59. The van der Waals surface area contributed by atoms with E-state index in [1.165, 1.54) is 12.4 Å². The van der Waals surface area contributed by atoms with Crippen LogP contribution in [0.2, 0.25) is 0 Å². The quantitative estimate of drug-likeness (QED) is 0.887. The van der Waals surface area contributed by atoms with Crippen LogP contribution in [0.1, 0.15) is 11.4 Å². The molecule has 0 aliphatic rings. The van der Waals surface area contributed by atoms with Crippen LogP contribution < -0.4 is 4.72 Å². The molecule has 0 saturated carbocycles. The Morgan fingerprint density at radius 2 is 1.95 bits per heavy atom. The second-order valence-electron chi connectivity index (χ2n) is 4.17. The molecule has 9 heteroatoms. The van der Waals surface area contributed by atoms with Crippen molar-refractivity contribution in [2.45, 2.75) is 18.4 Å². The van der Waals surface area contributed by atoms with Crippen LogP contribution in [0.15, 0.2) is 33.9 Å². The number of hydrogen-bond acceptors (Lipinski definition) is 4. The molecule has 0 unspecified atom stereocenters. The summed E-state index contributed by atoms with van der Waals surface area (Å²) < 4.78 is 52.8. The van der Waals surface area contributed by atoms with Gasteiger partial charge in [0.2, 0.25) is 10.0 Å². The third kappa shape index (κ3) is 3.80. The molecule has 0 aliphatic heterocycles. The molecule has 0 amide bonds. The van der Waals surface area contributed by atoms with Gasteiger partial charge in [0.1, 0.15) is 16.5 Å². The Labute approximate surface area is 128 Å². The molecule has 1 aromatic heterocycles. The molecule has 1 aromatic carbocycles. The van der Waals surface area contributed by atoms with Crippen LogP contribution in [0.5, 0.6) is 0 Å². The van der Waals surface area contributed by atoms with Gasteiger partial charge in [0, 0.05) is 16.7 Å². The van der Waals surface area contributed by atoms with Gasteiger partial charge in [-0.15, -0.1) is 0 Å². The molecular formula is C12H10BrF2N3O2S. The van der Waals surface area contributed by atoms with Gasteiger partial charge < -0.3 is 0 Å². The summed E-state index contributed by atoms with van der Waals surface area (Å²) in [7, 11) is -4.15. The highest BCUT2D eigenvalue weighted by atomic mass is 79.9. The van der Waals surface area contributed by atoms with Crippen molar-refractivity contribution < 1.29 is 17.2 Å². The molecule has 0 bridgehead atoms. The van der Waals surface area contributed by atoms with E-state index in [1.54, 1.807) is 6.92 Å². The normalized spacial score (nSPS) is 11.6. The number of aryl methyl sites for hydroxylation is 1. The third-order valence-electron chi connectivity index (χ3n) is 2.51. The van der Waals surface area contributed by atoms with Gasteiger partial charge in [0.05, 0.1) is 24.1 Å². The molecule has 1 N–H and O–H groups in total. The zero-order valence-corrected chi connectivity index (χ0v) is 13.2. The van der Waals surface area contributed by atoms with E-state index in [2.05, 4.69) is 30.6 Å². The Bertz CT molecular complexity index is 744. The topological polar surface area (TPSA) is 72.0 Å². The van der Waals surface area contributed by atoms with Crippen molar-refractivity contribution in [1.29, 1.82) is 0 Å². The van der Waals surface area contributed by atoms with Crippen LogP contribution in [0.4, 0.5) is 8.78 Å². The Morgan fingerprint density at radius 3 is 2.52 bits per heavy atom. The Kier molecular flexibility index (Phi) is 4.64. The molecule has 0 spiro atoms. The fourth-order valence-electron chi connectivity index (χ4n) is 1.54. The number of rotatable bonds is 4. The van der Waals surface area contributed by atoms with Crippen LogP contribution in [-0.2, 0) is 16.6 Å². The Hall–Kier alpha value is -1.45. The highest BCUT2D eigenvalue weighted by Gasteiger charge is 2.23. The number of nitrogens with one attached hydrogen (secondary N) is 1. The average Bonchev–Trinajstić information content (AvgIpc) is 2.36. The van der Waals surface area contributed by atoms with Crippen molar-refractivity contribution in [2.24, 2.45) is 0 Å². The van der Waals surface area contributed by atoms with Crippen LogP contribution in [0.25, 0.3) is 0 Å². The number of halogens is 3. The molecule has 21 heavy (non-hydrogen) atoms. The van der Waals surface area contributed by atoms with E-state index in [0.717, 1.165) is 6.07 Å². The Balaban J connectivity index is 2.25. The summed E-state index contributed by atoms with van der Waals surface area (Å²) in [6, 6.07) is 1.38. The van der Waals surface area contributed by atoms with E-state index in [0.29, 0.717) is 17.5 Å². The summed E-state index contributed by atoms with van der Waals surface area (Å²) in [4.78, 5) is 7.30. The van der Waals surface area contributed by atoms with Crippen molar-refractivity contribution in [2.75, 3.05) is 0 Å². The lowest BCUT2D eigenvalue weighted by Crippen LogP contribution is -2.25. The molecule has 2 rings (SSSR count). The van der Waals surface area contributed by atoms with E-state index < -0.39 is 26.6 Å². The minimum atomic E-state index is -4.15. The zero-order chi connectivity index (χ0) is 15.6. The maximum absolute atomic E-state index is 13.7. The molecule has 1 heterocycles. The van der Waals surface area contributed by atoms with Gasteiger partial charge in [-0.2, -0.15) is 0 Å². The number of aromatic nitrogens is 2. The first-order valence-corrected chi connectivity index (χ1v) is 7.99. The maximum Gasteiger partial charge on any atom is 0.244 e. The van der Waals surface area contributed by atoms with Crippen molar-refractivity contribution in [1.82, 2.24) is 14.7 Å².